The number of nitrogens with zero attached hydrogens (tertiary/aromatic N) is 4. The Balaban J connectivity index is 1.31. The predicted molar refractivity (Wildman–Crippen MR) is 110 cm³/mol. The van der Waals surface area contributed by atoms with Gasteiger partial charge in [-0.25, -0.2) is 9.97 Å². The number of benzene rings is 1. The third-order valence-corrected chi connectivity index (χ3v) is 5.75. The zero-order valence-corrected chi connectivity index (χ0v) is 16.6. The Morgan fingerprint density at radius 1 is 0.897 bits per heavy atom. The van der Waals surface area contributed by atoms with Crippen LogP contribution in [0.1, 0.15) is 37.7 Å². The summed E-state index contributed by atoms with van der Waals surface area (Å²) >= 11 is 0. The van der Waals surface area contributed by atoms with E-state index in [2.05, 4.69) is 15.3 Å². The maximum atomic E-state index is 12.6. The van der Waals surface area contributed by atoms with Gasteiger partial charge in [0, 0.05) is 44.3 Å². The van der Waals surface area contributed by atoms with E-state index in [1.165, 1.54) is 32.1 Å². The van der Waals surface area contributed by atoms with Gasteiger partial charge in [-0.1, -0.05) is 31.4 Å². The third-order valence-electron chi connectivity index (χ3n) is 5.75. The molecule has 0 radical (unpaired) electrons. The van der Waals surface area contributed by atoms with Crippen LogP contribution < -0.4 is 5.32 Å². The van der Waals surface area contributed by atoms with E-state index in [1.807, 2.05) is 24.3 Å². The van der Waals surface area contributed by atoms with Crippen LogP contribution in [0.2, 0.25) is 0 Å². The first-order valence-electron chi connectivity index (χ1n) is 10.4. The molecule has 2 aromatic rings. The van der Waals surface area contributed by atoms with Gasteiger partial charge in [-0.05, 0) is 42.5 Å². The molecule has 1 aliphatic heterocycles. The lowest BCUT2D eigenvalue weighted by Gasteiger charge is -2.36. The number of hydrogen-bond donors (Lipinski definition) is 1. The van der Waals surface area contributed by atoms with Gasteiger partial charge in [-0.3, -0.25) is 9.59 Å². The van der Waals surface area contributed by atoms with Crippen LogP contribution in [0.25, 0.3) is 0 Å². The molecule has 2 fully saturated rings. The predicted octanol–water partition coefficient (Wildman–Crippen LogP) is 2.97. The minimum atomic E-state index is -0.382. The smallest absolute Gasteiger partial charge is 0.312 e. The molecular formula is C22H27N5O2. The summed E-state index contributed by atoms with van der Waals surface area (Å²) in [5, 5.41) is 3.13. The van der Waals surface area contributed by atoms with E-state index < -0.39 is 0 Å². The highest BCUT2D eigenvalue weighted by Crippen LogP contribution is 2.25. The first kappa shape index (κ1) is 19.4. The second kappa shape index (κ2) is 9.03. The normalized spacial score (nSPS) is 18.2. The van der Waals surface area contributed by atoms with Gasteiger partial charge >= 0.3 is 11.8 Å². The van der Waals surface area contributed by atoms with Gasteiger partial charge < -0.3 is 15.1 Å². The van der Waals surface area contributed by atoms with Gasteiger partial charge in [0.1, 0.15) is 0 Å². The van der Waals surface area contributed by atoms with Crippen molar-refractivity contribution in [2.24, 2.45) is 5.92 Å². The zero-order valence-electron chi connectivity index (χ0n) is 16.6. The highest BCUT2D eigenvalue weighted by molar-refractivity contribution is 6.35. The average molecular weight is 393 g/mol. The van der Waals surface area contributed by atoms with E-state index in [1.54, 1.807) is 28.3 Å². The van der Waals surface area contributed by atoms with E-state index in [4.69, 9.17) is 0 Å². The summed E-state index contributed by atoms with van der Waals surface area (Å²) in [7, 11) is 0. The van der Waals surface area contributed by atoms with E-state index in [9.17, 15) is 9.59 Å². The molecule has 1 saturated carbocycles. The standard InChI is InChI=1S/C22H27N5O2/c28-20-21(29)27(14-13-26(20)15-17-5-2-1-3-6-17)16-18-7-9-19(10-8-18)25-22-23-11-4-12-24-22/h4,7-12,17H,1-3,5-6,13-16H2,(H,23,24,25). The Kier molecular flexibility index (Phi) is 6.03. The van der Waals surface area contributed by atoms with Crippen LogP contribution in [-0.4, -0.2) is 51.2 Å². The van der Waals surface area contributed by atoms with Crippen molar-refractivity contribution in [1.82, 2.24) is 19.8 Å². The molecule has 4 rings (SSSR count). The van der Waals surface area contributed by atoms with Crippen molar-refractivity contribution in [3.63, 3.8) is 0 Å². The first-order chi connectivity index (χ1) is 14.2. The Morgan fingerprint density at radius 2 is 1.55 bits per heavy atom. The lowest BCUT2D eigenvalue weighted by Crippen LogP contribution is -2.54. The highest BCUT2D eigenvalue weighted by atomic mass is 16.2. The molecule has 1 aliphatic carbocycles. The molecule has 2 aliphatic rings. The van der Waals surface area contributed by atoms with Crippen molar-refractivity contribution in [3.05, 3.63) is 48.3 Å². The lowest BCUT2D eigenvalue weighted by molar-refractivity contribution is -0.157. The number of piperazine rings is 1. The van der Waals surface area contributed by atoms with Crippen molar-refractivity contribution in [2.75, 3.05) is 25.0 Å². The van der Waals surface area contributed by atoms with E-state index in [0.717, 1.165) is 17.8 Å². The second-order valence-electron chi connectivity index (χ2n) is 7.88. The van der Waals surface area contributed by atoms with E-state index >= 15 is 0 Å². The van der Waals surface area contributed by atoms with Crippen LogP contribution in [0.4, 0.5) is 11.6 Å². The van der Waals surface area contributed by atoms with Crippen LogP contribution in [0.15, 0.2) is 42.7 Å². The number of hydrogen-bond acceptors (Lipinski definition) is 5. The number of rotatable bonds is 6. The molecular weight excluding hydrogens is 366 g/mol. The summed E-state index contributed by atoms with van der Waals surface area (Å²) in [4.78, 5) is 36.9. The average Bonchev–Trinajstić information content (AvgIpc) is 2.76. The molecule has 2 heterocycles. The second-order valence-corrected chi connectivity index (χ2v) is 7.88. The molecule has 0 unspecified atom stereocenters. The molecule has 1 aromatic carbocycles. The molecule has 152 valence electrons. The van der Waals surface area contributed by atoms with Gasteiger partial charge in [0.2, 0.25) is 5.95 Å². The fraction of sp³-hybridized carbons (Fsp3) is 0.455. The third kappa shape index (κ3) is 4.91. The Morgan fingerprint density at radius 3 is 2.28 bits per heavy atom. The molecule has 0 spiro atoms. The zero-order chi connectivity index (χ0) is 20.1. The summed E-state index contributed by atoms with van der Waals surface area (Å²) in [6.45, 7) is 2.41. The van der Waals surface area contributed by atoms with Gasteiger partial charge in [0.25, 0.3) is 0 Å². The number of amides is 2. The largest absolute Gasteiger partial charge is 0.332 e. The van der Waals surface area contributed by atoms with Gasteiger partial charge in [-0.2, -0.15) is 0 Å². The fourth-order valence-corrected chi connectivity index (χ4v) is 4.13. The minimum absolute atomic E-state index is 0.346. The van der Waals surface area contributed by atoms with Gasteiger partial charge in [-0.15, -0.1) is 0 Å². The van der Waals surface area contributed by atoms with Crippen molar-refractivity contribution < 1.29 is 9.59 Å². The van der Waals surface area contributed by atoms with E-state index in [0.29, 0.717) is 31.5 Å². The Hall–Kier alpha value is -2.96. The SMILES string of the molecule is O=C1C(=O)N(CC2CCCCC2)CCN1Cc1ccc(Nc2ncccn2)cc1. The molecule has 0 bridgehead atoms. The summed E-state index contributed by atoms with van der Waals surface area (Å²) in [6.07, 6.45) is 9.50. The molecule has 7 nitrogen and oxygen atoms in total. The Bertz CT molecular complexity index is 834. The lowest BCUT2D eigenvalue weighted by atomic mass is 9.89. The van der Waals surface area contributed by atoms with E-state index in [-0.39, 0.29) is 11.8 Å². The maximum Gasteiger partial charge on any atom is 0.312 e. The van der Waals surface area contributed by atoms with Crippen LogP contribution in [-0.2, 0) is 16.1 Å². The molecule has 29 heavy (non-hydrogen) atoms. The van der Waals surface area contributed by atoms with Gasteiger partial charge in [0.05, 0.1) is 0 Å². The van der Waals surface area contributed by atoms with Crippen LogP contribution in [0, 0.1) is 5.92 Å². The maximum absolute atomic E-state index is 12.6. The molecule has 0 atom stereocenters. The van der Waals surface area contributed by atoms with Crippen molar-refractivity contribution in [3.8, 4) is 0 Å². The monoisotopic (exact) mass is 393 g/mol. The van der Waals surface area contributed by atoms with Crippen molar-refractivity contribution >= 4 is 23.5 Å². The topological polar surface area (TPSA) is 78.4 Å². The van der Waals surface area contributed by atoms with Crippen LogP contribution >= 0.6 is 0 Å². The quantitative estimate of drug-likeness (QED) is 0.764. The number of carbonyl (C=O) groups excluding carboxylic acids is 2. The van der Waals surface area contributed by atoms with Crippen LogP contribution in [0.3, 0.4) is 0 Å². The molecule has 2 amide bonds. The summed E-state index contributed by atoms with van der Waals surface area (Å²) in [6, 6.07) is 9.53. The summed E-state index contributed by atoms with van der Waals surface area (Å²) in [5.74, 6) is 0.365. The first-order valence-corrected chi connectivity index (χ1v) is 10.4. The molecule has 1 N–H and O–H groups in total. The van der Waals surface area contributed by atoms with Crippen molar-refractivity contribution in [1.29, 1.82) is 0 Å². The number of carbonyl (C=O) groups is 2. The number of aromatic nitrogens is 2. The van der Waals surface area contributed by atoms with Crippen molar-refractivity contribution in [2.45, 2.75) is 38.6 Å². The Labute approximate surface area is 171 Å². The molecule has 7 heteroatoms. The number of nitrogens with one attached hydrogen (secondary N) is 1. The van der Waals surface area contributed by atoms with Gasteiger partial charge in [0.15, 0.2) is 0 Å². The fourth-order valence-electron chi connectivity index (χ4n) is 4.13. The minimum Gasteiger partial charge on any atom is -0.332 e. The molecule has 1 aromatic heterocycles. The summed E-state index contributed by atoms with van der Waals surface area (Å²) in [5.41, 5.74) is 1.87. The summed E-state index contributed by atoms with van der Waals surface area (Å²) < 4.78 is 0. The van der Waals surface area contributed by atoms with Crippen LogP contribution in [0.5, 0.6) is 0 Å². The molecule has 1 saturated heterocycles. The highest BCUT2D eigenvalue weighted by Gasteiger charge is 2.33. The number of anilines is 2.